The molecule has 0 amide bonds. The molecular formula is C19H40O2. The van der Waals surface area contributed by atoms with Gasteiger partial charge in [0.05, 0.1) is 0 Å². The van der Waals surface area contributed by atoms with Crippen LogP contribution in [0.2, 0.25) is 0 Å². The van der Waals surface area contributed by atoms with Gasteiger partial charge in [-0.3, -0.25) is 0 Å². The van der Waals surface area contributed by atoms with Crippen LogP contribution in [0.4, 0.5) is 0 Å². The van der Waals surface area contributed by atoms with Crippen LogP contribution in [0.5, 0.6) is 0 Å². The maximum atomic E-state index is 6.04. The summed E-state index contributed by atoms with van der Waals surface area (Å²) in [6.07, 6.45) is 15.3. The molecule has 0 radical (unpaired) electrons. The first-order valence-corrected chi connectivity index (χ1v) is 9.52. The maximum Gasteiger partial charge on any atom is 0.168 e. The molecule has 0 aliphatic rings. The van der Waals surface area contributed by atoms with Crippen LogP contribution in [0.3, 0.4) is 0 Å². The van der Waals surface area contributed by atoms with Crippen LogP contribution in [0.1, 0.15) is 105 Å². The molecule has 0 saturated heterocycles. The molecule has 0 aliphatic carbocycles. The molecule has 2 heteroatoms. The second kappa shape index (κ2) is 14.8. The van der Waals surface area contributed by atoms with E-state index in [0.717, 1.165) is 26.1 Å². The third-order valence-corrected chi connectivity index (χ3v) is 4.14. The first kappa shape index (κ1) is 20.9. The first-order chi connectivity index (χ1) is 10.2. The molecule has 0 spiro atoms. The smallest absolute Gasteiger partial charge is 0.168 e. The minimum Gasteiger partial charge on any atom is -0.350 e. The Bertz CT molecular complexity index is 198. The summed E-state index contributed by atoms with van der Waals surface area (Å²) in [6, 6.07) is 0. The largest absolute Gasteiger partial charge is 0.350 e. The van der Waals surface area contributed by atoms with Crippen LogP contribution >= 0.6 is 0 Å². The zero-order chi connectivity index (χ0) is 15.8. The van der Waals surface area contributed by atoms with Gasteiger partial charge in [0, 0.05) is 26.1 Å². The Morgan fingerprint density at radius 3 is 1.38 bits per heavy atom. The van der Waals surface area contributed by atoms with Gasteiger partial charge in [0.15, 0.2) is 5.79 Å². The fourth-order valence-electron chi connectivity index (χ4n) is 2.98. The third-order valence-electron chi connectivity index (χ3n) is 4.14. The lowest BCUT2D eigenvalue weighted by Gasteiger charge is -2.33. The number of ether oxygens (including phenoxy) is 2. The molecule has 0 N–H and O–H groups in total. The van der Waals surface area contributed by atoms with Crippen molar-refractivity contribution in [3.05, 3.63) is 0 Å². The lowest BCUT2D eigenvalue weighted by Crippen LogP contribution is -2.36. The van der Waals surface area contributed by atoms with E-state index in [-0.39, 0.29) is 5.79 Å². The molecule has 0 rings (SSSR count). The minimum atomic E-state index is -0.303. The fraction of sp³-hybridized carbons (Fsp3) is 1.00. The van der Waals surface area contributed by atoms with E-state index in [0.29, 0.717) is 0 Å². The molecule has 0 bridgehead atoms. The highest BCUT2D eigenvalue weighted by Gasteiger charge is 2.29. The zero-order valence-corrected chi connectivity index (χ0v) is 15.2. The Morgan fingerprint density at radius 2 is 0.905 bits per heavy atom. The molecule has 0 aromatic rings. The van der Waals surface area contributed by atoms with Crippen molar-refractivity contribution in [3.8, 4) is 0 Å². The third kappa shape index (κ3) is 11.2. The van der Waals surface area contributed by atoms with Crippen molar-refractivity contribution in [2.45, 2.75) is 111 Å². The number of unbranched alkanes of at least 4 members (excludes halogenated alkanes) is 8. The summed E-state index contributed by atoms with van der Waals surface area (Å²) in [5.74, 6) is -0.303. The van der Waals surface area contributed by atoms with Gasteiger partial charge < -0.3 is 9.47 Å². The minimum absolute atomic E-state index is 0.303. The van der Waals surface area contributed by atoms with Crippen molar-refractivity contribution in [1.29, 1.82) is 0 Å². The maximum absolute atomic E-state index is 6.04. The molecule has 0 unspecified atom stereocenters. The van der Waals surface area contributed by atoms with Gasteiger partial charge in [-0.25, -0.2) is 0 Å². The van der Waals surface area contributed by atoms with Crippen LogP contribution in [0.25, 0.3) is 0 Å². The molecule has 0 atom stereocenters. The highest BCUT2D eigenvalue weighted by Crippen LogP contribution is 2.28. The van der Waals surface area contributed by atoms with E-state index in [1.807, 2.05) is 0 Å². The van der Waals surface area contributed by atoms with Gasteiger partial charge in [-0.05, 0) is 26.7 Å². The van der Waals surface area contributed by atoms with Crippen molar-refractivity contribution in [1.82, 2.24) is 0 Å². The van der Waals surface area contributed by atoms with E-state index < -0.39 is 0 Å². The molecular weight excluding hydrogens is 260 g/mol. The Labute approximate surface area is 134 Å². The van der Waals surface area contributed by atoms with Crippen molar-refractivity contribution in [2.24, 2.45) is 0 Å². The van der Waals surface area contributed by atoms with E-state index in [1.165, 1.54) is 64.2 Å². The van der Waals surface area contributed by atoms with Crippen LogP contribution < -0.4 is 0 Å². The van der Waals surface area contributed by atoms with Crippen molar-refractivity contribution >= 4 is 0 Å². The van der Waals surface area contributed by atoms with E-state index in [1.54, 1.807) is 0 Å². The molecule has 0 aromatic heterocycles. The van der Waals surface area contributed by atoms with Gasteiger partial charge in [-0.1, -0.05) is 65.2 Å². The monoisotopic (exact) mass is 300 g/mol. The summed E-state index contributed by atoms with van der Waals surface area (Å²) in [6.45, 7) is 10.2. The van der Waals surface area contributed by atoms with E-state index >= 15 is 0 Å². The summed E-state index contributed by atoms with van der Waals surface area (Å²) in [5, 5.41) is 0. The molecule has 0 fully saturated rings. The molecule has 0 heterocycles. The molecule has 0 aromatic carbocycles. The van der Waals surface area contributed by atoms with Gasteiger partial charge in [0.25, 0.3) is 0 Å². The molecule has 21 heavy (non-hydrogen) atoms. The average Bonchev–Trinajstić information content (AvgIpc) is 2.47. The van der Waals surface area contributed by atoms with Gasteiger partial charge in [0.1, 0.15) is 0 Å². The predicted octanol–water partition coefficient (Wildman–Crippen LogP) is 6.48. The van der Waals surface area contributed by atoms with Crippen LogP contribution in [-0.2, 0) is 9.47 Å². The molecule has 2 nitrogen and oxygen atoms in total. The summed E-state index contributed by atoms with van der Waals surface area (Å²) < 4.78 is 12.1. The zero-order valence-electron chi connectivity index (χ0n) is 15.2. The summed E-state index contributed by atoms with van der Waals surface area (Å²) in [4.78, 5) is 0. The quantitative estimate of drug-likeness (QED) is 0.240. The lowest BCUT2D eigenvalue weighted by molar-refractivity contribution is -0.242. The topological polar surface area (TPSA) is 18.5 Å². The van der Waals surface area contributed by atoms with Crippen molar-refractivity contribution in [2.75, 3.05) is 13.2 Å². The normalized spacial score (nSPS) is 12.0. The van der Waals surface area contributed by atoms with Crippen LogP contribution in [0, 0.1) is 0 Å². The second-order valence-electron chi connectivity index (χ2n) is 6.11. The average molecular weight is 301 g/mol. The second-order valence-corrected chi connectivity index (χ2v) is 6.11. The molecule has 0 saturated carbocycles. The highest BCUT2D eigenvalue weighted by molar-refractivity contribution is 4.71. The molecule has 128 valence electrons. The summed E-state index contributed by atoms with van der Waals surface area (Å²) in [5.41, 5.74) is 0. The van der Waals surface area contributed by atoms with Crippen molar-refractivity contribution in [3.63, 3.8) is 0 Å². The van der Waals surface area contributed by atoms with Gasteiger partial charge in [0.2, 0.25) is 0 Å². The SMILES string of the molecule is CCCCCCCCCC(CCCCC)(OCC)OCC. The summed E-state index contributed by atoms with van der Waals surface area (Å²) in [7, 11) is 0. The number of rotatable bonds is 16. The Balaban J connectivity index is 4.05. The lowest BCUT2D eigenvalue weighted by atomic mass is 9.99. The number of hydrogen-bond acceptors (Lipinski definition) is 2. The van der Waals surface area contributed by atoms with E-state index in [9.17, 15) is 0 Å². The summed E-state index contributed by atoms with van der Waals surface area (Å²) >= 11 is 0. The van der Waals surface area contributed by atoms with Crippen molar-refractivity contribution < 1.29 is 9.47 Å². The Kier molecular flexibility index (Phi) is 14.8. The van der Waals surface area contributed by atoms with Gasteiger partial charge in [-0.2, -0.15) is 0 Å². The van der Waals surface area contributed by atoms with Gasteiger partial charge >= 0.3 is 0 Å². The Hall–Kier alpha value is -0.0800. The van der Waals surface area contributed by atoms with Crippen LogP contribution in [0.15, 0.2) is 0 Å². The first-order valence-electron chi connectivity index (χ1n) is 9.52. The van der Waals surface area contributed by atoms with E-state index in [2.05, 4.69) is 27.7 Å². The number of hydrogen-bond donors (Lipinski definition) is 0. The van der Waals surface area contributed by atoms with Gasteiger partial charge in [-0.15, -0.1) is 0 Å². The predicted molar refractivity (Wildman–Crippen MR) is 92.7 cm³/mol. The fourth-order valence-corrected chi connectivity index (χ4v) is 2.98. The standard InChI is InChI=1S/C19H40O2/c1-5-9-11-12-13-14-16-18-19(20-7-3,21-8-4)17-15-10-6-2/h5-18H2,1-4H3. The van der Waals surface area contributed by atoms with Crippen LogP contribution in [-0.4, -0.2) is 19.0 Å². The Morgan fingerprint density at radius 1 is 0.524 bits per heavy atom. The molecule has 0 aliphatic heterocycles. The highest BCUT2D eigenvalue weighted by atomic mass is 16.7. The van der Waals surface area contributed by atoms with E-state index in [4.69, 9.17) is 9.47 Å².